The fourth-order valence-electron chi connectivity index (χ4n) is 2.58. The van der Waals surface area contributed by atoms with Gasteiger partial charge in [0.25, 0.3) is 0 Å². The number of fused-ring (bicyclic) bond motifs is 1. The molecule has 0 saturated carbocycles. The van der Waals surface area contributed by atoms with Gasteiger partial charge in [-0.3, -0.25) is 0 Å². The molecule has 0 N–H and O–H groups in total. The minimum Gasteiger partial charge on any atom is -0.456 e. The van der Waals surface area contributed by atoms with E-state index in [1.54, 1.807) is 0 Å². The summed E-state index contributed by atoms with van der Waals surface area (Å²) in [6.45, 7) is 7.12. The molecule has 3 rings (SSSR count). The van der Waals surface area contributed by atoms with Gasteiger partial charge < -0.3 is 4.42 Å². The number of rotatable bonds is 2. The summed E-state index contributed by atoms with van der Waals surface area (Å²) >= 11 is 0. The molecule has 2 aromatic carbocycles. The Morgan fingerprint density at radius 2 is 1.42 bits per heavy atom. The van der Waals surface area contributed by atoms with E-state index in [2.05, 4.69) is 62.1 Å². The Hall–Kier alpha value is -1.80. The van der Waals surface area contributed by atoms with Crippen molar-refractivity contribution in [2.75, 3.05) is 0 Å². The topological polar surface area (TPSA) is 13.1 Å². The smallest absolute Gasteiger partial charge is 0.134 e. The van der Waals surface area contributed by atoms with Crippen LogP contribution in [0.15, 0.2) is 59.0 Å². The van der Waals surface area contributed by atoms with Gasteiger partial charge in [-0.1, -0.05) is 68.2 Å². The summed E-state index contributed by atoms with van der Waals surface area (Å²) in [7, 11) is -1.47. The Morgan fingerprint density at radius 3 is 2.11 bits per heavy atom. The average Bonchev–Trinajstić information content (AvgIpc) is 2.79. The van der Waals surface area contributed by atoms with Crippen LogP contribution in [0.3, 0.4) is 0 Å². The van der Waals surface area contributed by atoms with Crippen molar-refractivity contribution in [3.05, 3.63) is 54.6 Å². The third kappa shape index (κ3) is 2.12. The lowest BCUT2D eigenvalue weighted by atomic mass is 10.1. The zero-order valence-electron chi connectivity index (χ0n) is 11.6. The summed E-state index contributed by atoms with van der Waals surface area (Å²) in [5.41, 5.74) is 2.18. The van der Waals surface area contributed by atoms with Crippen LogP contribution in [0.5, 0.6) is 0 Å². The van der Waals surface area contributed by atoms with E-state index in [9.17, 15) is 0 Å². The first-order chi connectivity index (χ1) is 9.07. The van der Waals surface area contributed by atoms with Crippen molar-refractivity contribution < 1.29 is 4.42 Å². The molecule has 0 unspecified atom stereocenters. The first-order valence-corrected chi connectivity index (χ1v) is 10.1. The Balaban J connectivity index is 2.36. The normalized spacial score (nSPS) is 11.9. The van der Waals surface area contributed by atoms with Crippen LogP contribution in [0.4, 0.5) is 0 Å². The second-order valence-corrected chi connectivity index (χ2v) is 10.9. The monoisotopic (exact) mass is 266 g/mol. The van der Waals surface area contributed by atoms with Crippen LogP contribution in [0.2, 0.25) is 19.6 Å². The maximum absolute atomic E-state index is 6.15. The van der Waals surface area contributed by atoms with E-state index >= 15 is 0 Å². The quantitative estimate of drug-likeness (QED) is 0.616. The third-order valence-corrected chi connectivity index (χ3v) is 5.38. The molecular formula is C17H18OSi. The molecule has 19 heavy (non-hydrogen) atoms. The van der Waals surface area contributed by atoms with Gasteiger partial charge in [0.05, 0.1) is 8.07 Å². The first kappa shape index (κ1) is 12.2. The van der Waals surface area contributed by atoms with Gasteiger partial charge in [0.15, 0.2) is 0 Å². The average molecular weight is 266 g/mol. The van der Waals surface area contributed by atoms with Crippen molar-refractivity contribution >= 4 is 24.2 Å². The third-order valence-electron chi connectivity index (χ3n) is 3.38. The highest BCUT2D eigenvalue weighted by molar-refractivity contribution is 6.91. The summed E-state index contributed by atoms with van der Waals surface area (Å²) in [6, 6.07) is 18.8. The van der Waals surface area contributed by atoms with Crippen molar-refractivity contribution in [3.8, 4) is 11.3 Å². The van der Waals surface area contributed by atoms with E-state index in [4.69, 9.17) is 4.42 Å². The molecular weight excluding hydrogens is 248 g/mol. The van der Waals surface area contributed by atoms with Crippen molar-refractivity contribution in [2.24, 2.45) is 0 Å². The van der Waals surface area contributed by atoms with Crippen molar-refractivity contribution in [2.45, 2.75) is 19.6 Å². The fraction of sp³-hybridized carbons (Fsp3) is 0.176. The zero-order chi connectivity index (χ0) is 13.5. The van der Waals surface area contributed by atoms with Gasteiger partial charge in [0.1, 0.15) is 11.3 Å². The molecule has 0 aliphatic rings. The molecule has 0 radical (unpaired) electrons. The van der Waals surface area contributed by atoms with Gasteiger partial charge in [-0.2, -0.15) is 0 Å². The number of hydrogen-bond donors (Lipinski definition) is 0. The Labute approximate surface area is 114 Å². The molecule has 1 nitrogen and oxygen atoms in total. The lowest BCUT2D eigenvalue weighted by molar-refractivity contribution is 0.633. The highest BCUT2D eigenvalue weighted by atomic mass is 28.3. The van der Waals surface area contributed by atoms with Gasteiger partial charge in [0.2, 0.25) is 0 Å². The van der Waals surface area contributed by atoms with Crippen molar-refractivity contribution in [3.63, 3.8) is 0 Å². The van der Waals surface area contributed by atoms with Gasteiger partial charge in [-0.15, -0.1) is 0 Å². The molecule has 96 valence electrons. The van der Waals surface area contributed by atoms with Gasteiger partial charge in [0, 0.05) is 10.9 Å². The highest BCUT2D eigenvalue weighted by Gasteiger charge is 2.27. The molecule has 0 aliphatic heterocycles. The lowest BCUT2D eigenvalue weighted by Crippen LogP contribution is -2.38. The molecule has 0 atom stereocenters. The minimum absolute atomic E-state index is 0.999. The second-order valence-electron chi connectivity index (χ2n) is 5.92. The van der Waals surface area contributed by atoms with Crippen LogP contribution in [0.1, 0.15) is 0 Å². The van der Waals surface area contributed by atoms with Gasteiger partial charge >= 0.3 is 0 Å². The lowest BCUT2D eigenvalue weighted by Gasteiger charge is -2.17. The summed E-state index contributed by atoms with van der Waals surface area (Å²) < 4.78 is 6.15. The number of hydrogen-bond acceptors (Lipinski definition) is 1. The number of furan rings is 1. The van der Waals surface area contributed by atoms with Crippen molar-refractivity contribution in [1.29, 1.82) is 0 Å². The molecule has 0 spiro atoms. The van der Waals surface area contributed by atoms with Crippen molar-refractivity contribution in [1.82, 2.24) is 0 Å². The molecule has 0 saturated heterocycles. The molecule has 1 heterocycles. The summed E-state index contributed by atoms with van der Waals surface area (Å²) in [4.78, 5) is 0. The SMILES string of the molecule is C[Si](C)(C)c1c(-c2ccccc2)oc2ccccc12. The van der Waals surface area contributed by atoms with E-state index in [0.717, 1.165) is 11.3 Å². The van der Waals surface area contributed by atoms with Crippen LogP contribution in [0, 0.1) is 0 Å². The molecule has 1 aromatic heterocycles. The highest BCUT2D eigenvalue weighted by Crippen LogP contribution is 2.28. The largest absolute Gasteiger partial charge is 0.456 e. The minimum atomic E-state index is -1.47. The predicted molar refractivity (Wildman–Crippen MR) is 84.6 cm³/mol. The predicted octanol–water partition coefficient (Wildman–Crippen LogP) is 4.65. The summed E-state index contributed by atoms with van der Waals surface area (Å²) in [5.74, 6) is 1.06. The maximum Gasteiger partial charge on any atom is 0.134 e. The number of para-hydroxylation sites is 1. The van der Waals surface area contributed by atoms with E-state index in [1.165, 1.54) is 16.1 Å². The molecule has 0 bridgehead atoms. The van der Waals surface area contributed by atoms with Gasteiger partial charge in [-0.05, 0) is 11.3 Å². The standard InChI is InChI=1S/C17H18OSi/c1-19(2,3)17-14-11-7-8-12-15(14)18-16(17)13-9-5-4-6-10-13/h4-12H,1-3H3. The fourth-order valence-corrected chi connectivity index (χ4v) is 4.47. The molecule has 3 aromatic rings. The molecule has 2 heteroatoms. The van der Waals surface area contributed by atoms with E-state index in [-0.39, 0.29) is 0 Å². The van der Waals surface area contributed by atoms with Crippen LogP contribution in [-0.2, 0) is 0 Å². The van der Waals surface area contributed by atoms with Crippen LogP contribution >= 0.6 is 0 Å². The maximum atomic E-state index is 6.15. The zero-order valence-corrected chi connectivity index (χ0v) is 12.6. The summed E-state index contributed by atoms with van der Waals surface area (Å²) in [5, 5.41) is 2.70. The van der Waals surface area contributed by atoms with E-state index < -0.39 is 8.07 Å². The van der Waals surface area contributed by atoms with Crippen LogP contribution < -0.4 is 5.19 Å². The van der Waals surface area contributed by atoms with E-state index in [0.29, 0.717) is 0 Å². The second kappa shape index (κ2) is 4.39. The first-order valence-electron chi connectivity index (χ1n) is 6.65. The van der Waals surface area contributed by atoms with Gasteiger partial charge in [-0.25, -0.2) is 0 Å². The molecule has 0 fully saturated rings. The van der Waals surface area contributed by atoms with Crippen LogP contribution in [0.25, 0.3) is 22.3 Å². The Bertz CT molecular complexity index is 705. The molecule has 0 amide bonds. The van der Waals surface area contributed by atoms with Crippen LogP contribution in [-0.4, -0.2) is 8.07 Å². The van der Waals surface area contributed by atoms with E-state index in [1.807, 2.05) is 12.1 Å². The Kier molecular flexibility index (Phi) is 2.83. The number of benzene rings is 2. The summed E-state index contributed by atoms with van der Waals surface area (Å²) in [6.07, 6.45) is 0. The molecule has 0 aliphatic carbocycles. The Morgan fingerprint density at radius 1 is 0.789 bits per heavy atom.